The van der Waals surface area contributed by atoms with Gasteiger partial charge in [0.15, 0.2) is 0 Å². The molecule has 11 aromatic rings. The first kappa shape index (κ1) is 29.2. The summed E-state index contributed by atoms with van der Waals surface area (Å²) >= 11 is 5.62. The van der Waals surface area contributed by atoms with Crippen LogP contribution >= 0.6 is 34.0 Å². The van der Waals surface area contributed by atoms with E-state index in [-0.39, 0.29) is 0 Å². The van der Waals surface area contributed by atoms with Gasteiger partial charge in [-0.2, -0.15) is 0 Å². The molecule has 0 aliphatic carbocycles. The summed E-state index contributed by atoms with van der Waals surface area (Å²) in [6, 6.07) is 63.2. The molecular weight excluding hydrogens is 673 g/mol. The minimum absolute atomic E-state index is 1.24. The van der Waals surface area contributed by atoms with E-state index >= 15 is 0 Å². The van der Waals surface area contributed by atoms with Crippen LogP contribution in [0.4, 0.5) is 0 Å². The molecule has 238 valence electrons. The van der Waals surface area contributed by atoms with Crippen molar-refractivity contribution in [1.82, 2.24) is 0 Å². The summed E-state index contributed by atoms with van der Waals surface area (Å²) < 4.78 is 8.02. The Kier molecular flexibility index (Phi) is 6.57. The highest BCUT2D eigenvalue weighted by Gasteiger charge is 2.12. The molecule has 0 fully saturated rings. The van der Waals surface area contributed by atoms with Gasteiger partial charge < -0.3 is 0 Å². The third kappa shape index (κ3) is 4.85. The standard InChI is InChI=1S/C48H28S3/c1-3-7-43-37(5-1)39-21-17-35(27-47(39)50-43)31-13-9-29(10-14-31)33-19-23-45-41(25-33)42-26-34(20-24-46(42)49-45)30-11-15-32(16-12-30)36-18-22-40-38-6-2-4-8-44(38)51-48(40)28-36/h1-28H. The average molecular weight is 701 g/mol. The quantitative estimate of drug-likeness (QED) is 0.171. The number of fused-ring (bicyclic) bond motifs is 9. The van der Waals surface area contributed by atoms with Gasteiger partial charge in [-0.3, -0.25) is 0 Å². The van der Waals surface area contributed by atoms with Crippen LogP contribution in [0.15, 0.2) is 170 Å². The van der Waals surface area contributed by atoms with E-state index in [2.05, 4.69) is 170 Å². The topological polar surface area (TPSA) is 0 Å². The summed E-state index contributed by atoms with van der Waals surface area (Å²) in [6.07, 6.45) is 0. The number of benzene rings is 8. The zero-order valence-electron chi connectivity index (χ0n) is 27.4. The van der Waals surface area contributed by atoms with Crippen molar-refractivity contribution >= 4 is 94.5 Å². The van der Waals surface area contributed by atoms with E-state index in [0.717, 1.165) is 0 Å². The van der Waals surface area contributed by atoms with Crippen LogP contribution in [0.2, 0.25) is 0 Å². The summed E-state index contributed by atoms with van der Waals surface area (Å²) in [7, 11) is 0. The molecular formula is C48H28S3. The number of thiophene rings is 3. The lowest BCUT2D eigenvalue weighted by atomic mass is 9.97. The van der Waals surface area contributed by atoms with E-state index < -0.39 is 0 Å². The van der Waals surface area contributed by atoms with Crippen molar-refractivity contribution in [2.75, 3.05) is 0 Å². The van der Waals surface area contributed by atoms with Crippen LogP contribution in [0.3, 0.4) is 0 Å². The number of hydrogen-bond donors (Lipinski definition) is 0. The summed E-state index contributed by atoms with van der Waals surface area (Å²) in [5.74, 6) is 0. The normalized spacial score (nSPS) is 11.9. The molecule has 0 radical (unpaired) electrons. The summed E-state index contributed by atoms with van der Waals surface area (Å²) in [5, 5.41) is 8.01. The monoisotopic (exact) mass is 700 g/mol. The molecule has 0 aliphatic rings. The molecule has 0 unspecified atom stereocenters. The van der Waals surface area contributed by atoms with Gasteiger partial charge in [-0.05, 0) is 93.0 Å². The minimum atomic E-state index is 1.24. The van der Waals surface area contributed by atoms with Crippen LogP contribution in [0, 0.1) is 0 Å². The zero-order chi connectivity index (χ0) is 33.5. The van der Waals surface area contributed by atoms with Crippen molar-refractivity contribution < 1.29 is 0 Å². The van der Waals surface area contributed by atoms with E-state index in [1.165, 1.54) is 105 Å². The van der Waals surface area contributed by atoms with E-state index in [9.17, 15) is 0 Å². The first-order valence-corrected chi connectivity index (χ1v) is 19.7. The predicted molar refractivity (Wildman–Crippen MR) is 227 cm³/mol. The average Bonchev–Trinajstić information content (AvgIpc) is 3.88. The molecule has 0 aliphatic heterocycles. The molecule has 3 aromatic heterocycles. The number of hydrogen-bond acceptors (Lipinski definition) is 3. The maximum Gasteiger partial charge on any atom is 0.0361 e. The van der Waals surface area contributed by atoms with Crippen LogP contribution in [0.1, 0.15) is 0 Å². The second-order valence-electron chi connectivity index (χ2n) is 13.3. The Bertz CT molecular complexity index is 2900. The van der Waals surface area contributed by atoms with Gasteiger partial charge in [0.25, 0.3) is 0 Å². The fourth-order valence-electron chi connectivity index (χ4n) is 7.66. The molecule has 0 atom stereocenters. The van der Waals surface area contributed by atoms with Crippen LogP contribution in [-0.2, 0) is 0 Å². The molecule has 0 nitrogen and oxygen atoms in total. The highest BCUT2D eigenvalue weighted by Crippen LogP contribution is 2.41. The zero-order valence-corrected chi connectivity index (χ0v) is 29.8. The molecule has 0 N–H and O–H groups in total. The van der Waals surface area contributed by atoms with Crippen LogP contribution in [0.25, 0.3) is 105 Å². The Morgan fingerprint density at radius 2 is 0.490 bits per heavy atom. The van der Waals surface area contributed by atoms with Gasteiger partial charge in [-0.25, -0.2) is 0 Å². The maximum atomic E-state index is 2.38. The molecule has 3 heteroatoms. The molecule has 0 amide bonds. The summed E-state index contributed by atoms with van der Waals surface area (Å²) in [6.45, 7) is 0. The van der Waals surface area contributed by atoms with Gasteiger partial charge in [0.1, 0.15) is 0 Å². The Morgan fingerprint density at radius 3 is 0.922 bits per heavy atom. The van der Waals surface area contributed by atoms with Gasteiger partial charge in [0, 0.05) is 60.5 Å². The molecule has 0 saturated carbocycles. The highest BCUT2D eigenvalue weighted by atomic mass is 32.1. The van der Waals surface area contributed by atoms with Gasteiger partial charge in [-0.1, -0.05) is 121 Å². The van der Waals surface area contributed by atoms with E-state index in [0.29, 0.717) is 0 Å². The fourth-order valence-corrected chi connectivity index (χ4v) is 11.0. The van der Waals surface area contributed by atoms with Gasteiger partial charge in [0.05, 0.1) is 0 Å². The largest absolute Gasteiger partial charge is 0.135 e. The van der Waals surface area contributed by atoms with Crippen molar-refractivity contribution in [3.05, 3.63) is 170 Å². The molecule has 51 heavy (non-hydrogen) atoms. The Hall–Kier alpha value is -5.58. The fraction of sp³-hybridized carbons (Fsp3) is 0. The molecule has 0 bridgehead atoms. The van der Waals surface area contributed by atoms with Crippen LogP contribution in [0.5, 0.6) is 0 Å². The SMILES string of the molecule is c1ccc2c(c1)sc1cc(-c3ccc(-c4ccc5sc6ccc(-c7ccc(-c8ccc9c(c8)sc8ccccc89)cc7)cc6c5c4)cc3)ccc12. The molecule has 8 aromatic carbocycles. The molecule has 3 heterocycles. The lowest BCUT2D eigenvalue weighted by Crippen LogP contribution is -1.82. The number of rotatable bonds is 4. The van der Waals surface area contributed by atoms with Crippen molar-refractivity contribution in [1.29, 1.82) is 0 Å². The van der Waals surface area contributed by atoms with Crippen molar-refractivity contribution in [2.45, 2.75) is 0 Å². The van der Waals surface area contributed by atoms with Crippen molar-refractivity contribution in [2.24, 2.45) is 0 Å². The lowest BCUT2D eigenvalue weighted by Gasteiger charge is -2.07. The Balaban J connectivity index is 0.898. The smallest absolute Gasteiger partial charge is 0.0361 e. The third-order valence-electron chi connectivity index (χ3n) is 10.3. The van der Waals surface area contributed by atoms with Crippen LogP contribution in [-0.4, -0.2) is 0 Å². The van der Waals surface area contributed by atoms with Crippen molar-refractivity contribution in [3.8, 4) is 44.5 Å². The second kappa shape index (κ2) is 11.5. The second-order valence-corrected chi connectivity index (χ2v) is 16.5. The molecule has 0 spiro atoms. The third-order valence-corrected chi connectivity index (χ3v) is 13.7. The van der Waals surface area contributed by atoms with Crippen molar-refractivity contribution in [3.63, 3.8) is 0 Å². The molecule has 0 saturated heterocycles. The van der Waals surface area contributed by atoms with Crippen LogP contribution < -0.4 is 0 Å². The van der Waals surface area contributed by atoms with Gasteiger partial charge in [-0.15, -0.1) is 34.0 Å². The van der Waals surface area contributed by atoms with E-state index in [4.69, 9.17) is 0 Å². The van der Waals surface area contributed by atoms with E-state index in [1.54, 1.807) is 0 Å². The highest BCUT2D eigenvalue weighted by molar-refractivity contribution is 7.26. The maximum absolute atomic E-state index is 2.38. The first-order valence-electron chi connectivity index (χ1n) is 17.2. The Morgan fingerprint density at radius 1 is 0.196 bits per heavy atom. The summed E-state index contributed by atoms with van der Waals surface area (Å²) in [4.78, 5) is 0. The van der Waals surface area contributed by atoms with E-state index in [1.807, 2.05) is 34.0 Å². The first-order chi connectivity index (χ1) is 25.2. The van der Waals surface area contributed by atoms with Gasteiger partial charge >= 0.3 is 0 Å². The Labute approximate surface area is 307 Å². The minimum Gasteiger partial charge on any atom is -0.135 e. The van der Waals surface area contributed by atoms with Gasteiger partial charge in [0.2, 0.25) is 0 Å². The molecule has 11 rings (SSSR count). The lowest BCUT2D eigenvalue weighted by molar-refractivity contribution is 1.62. The summed E-state index contributed by atoms with van der Waals surface area (Å²) in [5.41, 5.74) is 9.99. The predicted octanol–water partition coefficient (Wildman–Crippen LogP) is 15.5.